The largest absolute Gasteiger partial charge is 0.350 e. The number of nitrogens with one attached hydrogen (secondary N) is 2. The summed E-state index contributed by atoms with van der Waals surface area (Å²) in [5.74, 6) is -0.219. The minimum absolute atomic E-state index is 0.00421. The van der Waals surface area contributed by atoms with Gasteiger partial charge in [0.15, 0.2) is 0 Å². The van der Waals surface area contributed by atoms with E-state index < -0.39 is 0 Å². The molecule has 4 heteroatoms. The number of hydrogen-bond acceptors (Lipinski definition) is 2. The summed E-state index contributed by atoms with van der Waals surface area (Å²) in [7, 11) is 0. The molecular weight excluding hydrogens is 288 g/mol. The molecule has 23 heavy (non-hydrogen) atoms. The fourth-order valence-corrected chi connectivity index (χ4v) is 3.51. The number of H-pyrrole nitrogens is 1. The van der Waals surface area contributed by atoms with Crippen molar-refractivity contribution >= 4 is 5.91 Å². The molecule has 1 aliphatic rings. The number of amides is 1. The molecule has 0 saturated heterocycles. The molecule has 0 spiro atoms. The van der Waals surface area contributed by atoms with Crippen molar-refractivity contribution in [1.82, 2.24) is 10.3 Å². The monoisotopic (exact) mass is 310 g/mol. The summed E-state index contributed by atoms with van der Waals surface area (Å²) in [6.07, 6.45) is 5.81. The van der Waals surface area contributed by atoms with Crippen LogP contribution in [-0.4, -0.2) is 17.4 Å². The third-order valence-electron chi connectivity index (χ3n) is 4.80. The second kappa shape index (κ2) is 6.82. The van der Waals surface area contributed by atoms with Crippen molar-refractivity contribution < 1.29 is 4.79 Å². The van der Waals surface area contributed by atoms with E-state index in [1.54, 1.807) is 12.1 Å². The van der Waals surface area contributed by atoms with Gasteiger partial charge in [0.2, 0.25) is 5.56 Å². The molecule has 120 valence electrons. The molecule has 0 unspecified atom stereocenters. The van der Waals surface area contributed by atoms with E-state index in [0.717, 1.165) is 12.8 Å². The van der Waals surface area contributed by atoms with E-state index in [-0.39, 0.29) is 16.9 Å². The van der Waals surface area contributed by atoms with Crippen molar-refractivity contribution in [2.24, 2.45) is 0 Å². The minimum atomic E-state index is -0.256. The molecule has 0 radical (unpaired) electrons. The van der Waals surface area contributed by atoms with E-state index in [0.29, 0.717) is 12.2 Å². The van der Waals surface area contributed by atoms with Crippen LogP contribution in [0.4, 0.5) is 0 Å². The van der Waals surface area contributed by atoms with Crippen LogP contribution in [-0.2, 0) is 5.41 Å². The molecule has 1 saturated carbocycles. The molecule has 1 fully saturated rings. The van der Waals surface area contributed by atoms with Gasteiger partial charge in [-0.1, -0.05) is 55.7 Å². The molecule has 0 bridgehead atoms. The van der Waals surface area contributed by atoms with Crippen LogP contribution in [0.3, 0.4) is 0 Å². The van der Waals surface area contributed by atoms with Crippen LogP contribution in [0.2, 0.25) is 0 Å². The molecule has 1 aromatic carbocycles. The third kappa shape index (κ3) is 3.52. The van der Waals surface area contributed by atoms with Gasteiger partial charge in [-0.3, -0.25) is 9.59 Å². The number of aromatic nitrogens is 1. The predicted molar refractivity (Wildman–Crippen MR) is 90.6 cm³/mol. The molecule has 1 aliphatic carbocycles. The highest BCUT2D eigenvalue weighted by Crippen LogP contribution is 2.38. The average Bonchev–Trinajstić information content (AvgIpc) is 2.61. The highest BCUT2D eigenvalue weighted by molar-refractivity contribution is 5.92. The predicted octanol–water partition coefficient (Wildman–Crippen LogP) is 3.01. The zero-order chi connectivity index (χ0) is 16.1. The second-order valence-corrected chi connectivity index (χ2v) is 6.32. The maximum absolute atomic E-state index is 12.3. The van der Waals surface area contributed by atoms with Crippen LogP contribution in [0.1, 0.15) is 48.2 Å². The fourth-order valence-electron chi connectivity index (χ4n) is 3.51. The van der Waals surface area contributed by atoms with Crippen molar-refractivity contribution in [2.45, 2.75) is 37.5 Å². The molecular formula is C19H22N2O2. The second-order valence-electron chi connectivity index (χ2n) is 6.32. The summed E-state index contributed by atoms with van der Waals surface area (Å²) in [5.41, 5.74) is 1.36. The Bertz CT molecular complexity index is 715. The van der Waals surface area contributed by atoms with Crippen LogP contribution >= 0.6 is 0 Å². The lowest BCUT2D eigenvalue weighted by Gasteiger charge is -2.38. The molecule has 4 nitrogen and oxygen atoms in total. The van der Waals surface area contributed by atoms with Crippen molar-refractivity contribution in [3.8, 4) is 0 Å². The van der Waals surface area contributed by atoms with Gasteiger partial charge < -0.3 is 10.3 Å². The van der Waals surface area contributed by atoms with Crippen molar-refractivity contribution in [3.05, 3.63) is 70.1 Å². The lowest BCUT2D eigenvalue weighted by atomic mass is 9.69. The summed E-state index contributed by atoms with van der Waals surface area (Å²) in [6, 6.07) is 15.1. The fraction of sp³-hybridized carbons (Fsp3) is 0.368. The lowest BCUT2D eigenvalue weighted by molar-refractivity contribution is 0.0931. The highest BCUT2D eigenvalue weighted by atomic mass is 16.2. The molecule has 3 rings (SSSR count). The Hall–Kier alpha value is -2.36. The van der Waals surface area contributed by atoms with E-state index in [1.807, 2.05) is 6.07 Å². The van der Waals surface area contributed by atoms with E-state index in [4.69, 9.17) is 0 Å². The lowest BCUT2D eigenvalue weighted by Crippen LogP contribution is -2.42. The van der Waals surface area contributed by atoms with Gasteiger partial charge >= 0.3 is 0 Å². The van der Waals surface area contributed by atoms with E-state index in [9.17, 15) is 9.59 Å². The van der Waals surface area contributed by atoms with Crippen molar-refractivity contribution in [3.63, 3.8) is 0 Å². The Morgan fingerprint density at radius 3 is 2.43 bits per heavy atom. The zero-order valence-corrected chi connectivity index (χ0v) is 13.2. The SMILES string of the molecule is O=C(NCC1(c2ccccc2)CCCCC1)c1cccc(=O)[nH]1. The summed E-state index contributed by atoms with van der Waals surface area (Å²) in [4.78, 5) is 26.3. The average molecular weight is 310 g/mol. The first-order valence-electron chi connectivity index (χ1n) is 8.23. The van der Waals surface area contributed by atoms with E-state index >= 15 is 0 Å². The van der Waals surface area contributed by atoms with Gasteiger partial charge in [-0.05, 0) is 24.5 Å². The molecule has 2 aromatic rings. The van der Waals surface area contributed by atoms with Gasteiger partial charge in [-0.2, -0.15) is 0 Å². The van der Waals surface area contributed by atoms with Gasteiger partial charge in [-0.25, -0.2) is 0 Å². The van der Waals surface area contributed by atoms with Crippen LogP contribution in [0.25, 0.3) is 0 Å². The topological polar surface area (TPSA) is 62.0 Å². The first-order chi connectivity index (χ1) is 11.2. The Morgan fingerprint density at radius 1 is 1.00 bits per heavy atom. The molecule has 1 amide bonds. The molecule has 0 atom stereocenters. The number of aromatic amines is 1. The van der Waals surface area contributed by atoms with Crippen molar-refractivity contribution in [2.75, 3.05) is 6.54 Å². The smallest absolute Gasteiger partial charge is 0.267 e. The summed E-state index contributed by atoms with van der Waals surface area (Å²) in [5, 5.41) is 3.03. The number of pyridine rings is 1. The number of carbonyl (C=O) groups excluding carboxylic acids is 1. The summed E-state index contributed by atoms with van der Waals surface area (Å²) in [6.45, 7) is 0.604. The van der Waals surface area contributed by atoms with Crippen LogP contribution < -0.4 is 10.9 Å². The quantitative estimate of drug-likeness (QED) is 0.912. The Morgan fingerprint density at radius 2 is 1.74 bits per heavy atom. The van der Waals surface area contributed by atoms with Gasteiger partial charge in [0.25, 0.3) is 5.91 Å². The maximum atomic E-state index is 12.3. The molecule has 0 aliphatic heterocycles. The number of benzene rings is 1. The van der Waals surface area contributed by atoms with E-state index in [1.165, 1.54) is 30.9 Å². The van der Waals surface area contributed by atoms with Crippen LogP contribution in [0.5, 0.6) is 0 Å². The third-order valence-corrected chi connectivity index (χ3v) is 4.80. The highest BCUT2D eigenvalue weighted by Gasteiger charge is 2.34. The number of carbonyl (C=O) groups is 1. The first-order valence-corrected chi connectivity index (χ1v) is 8.23. The molecule has 2 N–H and O–H groups in total. The normalized spacial score (nSPS) is 16.7. The summed E-state index contributed by atoms with van der Waals surface area (Å²) < 4.78 is 0. The van der Waals surface area contributed by atoms with Gasteiger partial charge in [0.1, 0.15) is 5.69 Å². The van der Waals surface area contributed by atoms with Crippen LogP contribution in [0, 0.1) is 0 Å². The Labute approximate surface area is 135 Å². The van der Waals surface area contributed by atoms with Gasteiger partial charge in [0.05, 0.1) is 0 Å². The maximum Gasteiger partial charge on any atom is 0.267 e. The Kier molecular flexibility index (Phi) is 4.60. The zero-order valence-electron chi connectivity index (χ0n) is 13.2. The molecule has 1 aromatic heterocycles. The summed E-state index contributed by atoms with van der Waals surface area (Å²) >= 11 is 0. The van der Waals surface area contributed by atoms with Crippen molar-refractivity contribution in [1.29, 1.82) is 0 Å². The van der Waals surface area contributed by atoms with Gasteiger partial charge in [0, 0.05) is 18.0 Å². The number of rotatable bonds is 4. The number of hydrogen-bond donors (Lipinski definition) is 2. The minimum Gasteiger partial charge on any atom is -0.350 e. The van der Waals surface area contributed by atoms with Crippen LogP contribution in [0.15, 0.2) is 53.3 Å². The molecule has 1 heterocycles. The first kappa shape index (κ1) is 15.5. The van der Waals surface area contributed by atoms with E-state index in [2.05, 4.69) is 34.6 Å². The standard InChI is InChI=1S/C19H22N2O2/c22-17-11-7-10-16(21-17)18(23)20-14-19(12-5-2-6-13-19)15-8-3-1-4-9-15/h1,3-4,7-11H,2,5-6,12-14H2,(H,20,23)(H,21,22). The Balaban J connectivity index is 1.77. The van der Waals surface area contributed by atoms with Gasteiger partial charge in [-0.15, -0.1) is 0 Å².